The summed E-state index contributed by atoms with van der Waals surface area (Å²) in [7, 11) is 0. The van der Waals surface area contributed by atoms with E-state index in [0.717, 1.165) is 19.4 Å². The van der Waals surface area contributed by atoms with E-state index in [9.17, 15) is 0 Å². The van der Waals surface area contributed by atoms with Crippen LogP contribution in [0.2, 0.25) is 0 Å². The third-order valence-corrected chi connectivity index (χ3v) is 7.34. The number of hydrogen-bond acceptors (Lipinski definition) is 5. The molecule has 1 spiro atoms. The quantitative estimate of drug-likeness (QED) is 0.657. The molecule has 114 valence electrons. The molecule has 3 N–H and O–H groups in total. The third kappa shape index (κ3) is 2.55. The van der Waals surface area contributed by atoms with Gasteiger partial charge in [0.2, 0.25) is 0 Å². The number of rotatable bonds is 3. The monoisotopic (exact) mass is 322 g/mol. The van der Waals surface area contributed by atoms with Gasteiger partial charge in [0, 0.05) is 20.9 Å². The Balaban J connectivity index is 1.58. The molecule has 1 aliphatic heterocycles. The maximum atomic E-state index is 6.17. The fraction of sp³-hybridized carbons (Fsp3) is 0.625. The van der Waals surface area contributed by atoms with Crippen molar-refractivity contribution in [1.82, 2.24) is 5.43 Å². The molecule has 1 aliphatic carbocycles. The maximum Gasteiger partial charge on any atom is 0.0686 e. The number of hydrogen-bond donors (Lipinski definition) is 2. The molecule has 0 aromatic carbocycles. The summed E-state index contributed by atoms with van der Waals surface area (Å²) in [6.07, 6.45) is 7.39. The van der Waals surface area contributed by atoms with E-state index in [1.54, 1.807) is 0 Å². The SMILES string of the molecule is NNC(c1cc2sccc2s1)C1CCOC2(CCCC2)C1. The molecule has 2 aromatic rings. The van der Waals surface area contributed by atoms with Gasteiger partial charge in [-0.15, -0.1) is 22.7 Å². The molecule has 5 heteroatoms. The number of fused-ring (bicyclic) bond motifs is 1. The number of ether oxygens (including phenoxy) is 1. The highest BCUT2D eigenvalue weighted by molar-refractivity contribution is 7.26. The van der Waals surface area contributed by atoms with Gasteiger partial charge in [0.15, 0.2) is 0 Å². The van der Waals surface area contributed by atoms with Crippen LogP contribution < -0.4 is 11.3 Å². The molecule has 0 radical (unpaired) electrons. The third-order valence-electron chi connectivity index (χ3n) is 5.16. The van der Waals surface area contributed by atoms with E-state index >= 15 is 0 Å². The van der Waals surface area contributed by atoms with E-state index in [4.69, 9.17) is 10.6 Å². The number of nitrogens with two attached hydrogens (primary N) is 1. The lowest BCUT2D eigenvalue weighted by Crippen LogP contribution is -2.43. The molecule has 0 amide bonds. The van der Waals surface area contributed by atoms with E-state index < -0.39 is 0 Å². The zero-order chi connectivity index (χ0) is 14.3. The molecule has 2 aromatic heterocycles. The average Bonchev–Trinajstić information content (AvgIpc) is 3.16. The van der Waals surface area contributed by atoms with Crippen LogP contribution in [0, 0.1) is 5.92 Å². The van der Waals surface area contributed by atoms with Crippen molar-refractivity contribution in [2.24, 2.45) is 11.8 Å². The van der Waals surface area contributed by atoms with Crippen LogP contribution in [0.4, 0.5) is 0 Å². The first-order valence-corrected chi connectivity index (χ1v) is 9.56. The van der Waals surface area contributed by atoms with Gasteiger partial charge >= 0.3 is 0 Å². The summed E-state index contributed by atoms with van der Waals surface area (Å²) in [5.41, 5.74) is 3.26. The van der Waals surface area contributed by atoms with Crippen molar-refractivity contribution in [2.45, 2.75) is 50.2 Å². The number of thiophene rings is 2. The van der Waals surface area contributed by atoms with Crippen molar-refractivity contribution in [1.29, 1.82) is 0 Å². The van der Waals surface area contributed by atoms with E-state index in [1.807, 2.05) is 22.7 Å². The van der Waals surface area contributed by atoms with Crippen molar-refractivity contribution in [3.05, 3.63) is 22.4 Å². The van der Waals surface area contributed by atoms with Crippen LogP contribution in [0.25, 0.3) is 9.40 Å². The highest BCUT2D eigenvalue weighted by atomic mass is 32.1. The van der Waals surface area contributed by atoms with Crippen molar-refractivity contribution in [2.75, 3.05) is 6.61 Å². The zero-order valence-corrected chi connectivity index (χ0v) is 13.8. The second-order valence-corrected chi connectivity index (χ2v) is 8.50. The van der Waals surface area contributed by atoms with Crippen LogP contribution in [-0.2, 0) is 4.74 Å². The summed E-state index contributed by atoms with van der Waals surface area (Å²) >= 11 is 3.71. The van der Waals surface area contributed by atoms with Gasteiger partial charge in [-0.05, 0) is 49.1 Å². The van der Waals surface area contributed by atoms with E-state index in [1.165, 1.54) is 40.0 Å². The van der Waals surface area contributed by atoms with E-state index in [0.29, 0.717) is 5.92 Å². The summed E-state index contributed by atoms with van der Waals surface area (Å²) in [5.74, 6) is 6.52. The van der Waals surface area contributed by atoms with Crippen LogP contribution in [0.1, 0.15) is 49.4 Å². The van der Waals surface area contributed by atoms with Crippen molar-refractivity contribution < 1.29 is 4.74 Å². The fourth-order valence-corrected chi connectivity index (χ4v) is 6.38. The lowest BCUT2D eigenvalue weighted by atomic mass is 9.80. The predicted octanol–water partition coefficient (Wildman–Crippen LogP) is 4.21. The summed E-state index contributed by atoms with van der Waals surface area (Å²) in [6.45, 7) is 0.891. The average molecular weight is 322 g/mol. The van der Waals surface area contributed by atoms with Crippen molar-refractivity contribution >= 4 is 32.1 Å². The Morgan fingerprint density at radius 2 is 2.19 bits per heavy atom. The highest BCUT2D eigenvalue weighted by Crippen LogP contribution is 2.46. The van der Waals surface area contributed by atoms with Crippen LogP contribution in [0.3, 0.4) is 0 Å². The molecule has 3 heterocycles. The van der Waals surface area contributed by atoms with Gasteiger partial charge in [-0.25, -0.2) is 0 Å². The van der Waals surface area contributed by atoms with Gasteiger partial charge in [-0.3, -0.25) is 11.3 Å². The molecule has 0 bridgehead atoms. The molecular weight excluding hydrogens is 300 g/mol. The molecule has 2 unspecified atom stereocenters. The second-order valence-electron chi connectivity index (χ2n) is 6.43. The molecular formula is C16H22N2OS2. The predicted molar refractivity (Wildman–Crippen MR) is 89.6 cm³/mol. The maximum absolute atomic E-state index is 6.17. The lowest BCUT2D eigenvalue weighted by Gasteiger charge is -2.41. The molecule has 2 aliphatic rings. The van der Waals surface area contributed by atoms with Crippen LogP contribution in [-0.4, -0.2) is 12.2 Å². The van der Waals surface area contributed by atoms with Gasteiger partial charge in [-0.2, -0.15) is 0 Å². The molecule has 4 rings (SSSR count). The normalized spacial score (nSPS) is 26.6. The molecule has 2 fully saturated rings. The van der Waals surface area contributed by atoms with Crippen LogP contribution in [0.5, 0.6) is 0 Å². The number of hydrazine groups is 1. The Morgan fingerprint density at radius 3 is 2.95 bits per heavy atom. The first kappa shape index (κ1) is 14.2. The minimum Gasteiger partial charge on any atom is -0.375 e. The zero-order valence-electron chi connectivity index (χ0n) is 12.1. The molecule has 1 saturated heterocycles. The summed E-state index contributed by atoms with van der Waals surface area (Å²) in [5, 5.41) is 2.16. The Kier molecular flexibility index (Phi) is 3.79. The Labute approximate surface area is 133 Å². The molecule has 3 nitrogen and oxygen atoms in total. The highest BCUT2D eigenvalue weighted by Gasteiger charge is 2.42. The topological polar surface area (TPSA) is 47.3 Å². The largest absolute Gasteiger partial charge is 0.375 e. The van der Waals surface area contributed by atoms with Crippen LogP contribution >= 0.6 is 22.7 Å². The van der Waals surface area contributed by atoms with Crippen LogP contribution in [0.15, 0.2) is 17.5 Å². The standard InChI is InChI=1S/C16H22N2OS2/c17-18-15(14-9-13-12(21-14)4-8-20-13)11-3-7-19-16(10-11)5-1-2-6-16/h4,8-9,11,15,18H,1-3,5-7,10,17H2. The Hall–Kier alpha value is -0.460. The molecule has 21 heavy (non-hydrogen) atoms. The van der Waals surface area contributed by atoms with E-state index in [2.05, 4.69) is 22.9 Å². The molecule has 1 saturated carbocycles. The lowest BCUT2D eigenvalue weighted by molar-refractivity contribution is -0.0980. The second kappa shape index (κ2) is 5.63. The summed E-state index contributed by atoms with van der Waals surface area (Å²) in [4.78, 5) is 1.39. The van der Waals surface area contributed by atoms with Gasteiger partial charge in [-0.1, -0.05) is 12.8 Å². The van der Waals surface area contributed by atoms with Crippen molar-refractivity contribution in [3.63, 3.8) is 0 Å². The Bertz CT molecular complexity index is 586. The smallest absolute Gasteiger partial charge is 0.0686 e. The molecule has 2 atom stereocenters. The summed E-state index contributed by atoms with van der Waals surface area (Å²) < 4.78 is 8.94. The van der Waals surface area contributed by atoms with Gasteiger partial charge in [0.25, 0.3) is 0 Å². The summed E-state index contributed by atoms with van der Waals surface area (Å²) in [6, 6.07) is 4.81. The first-order valence-electron chi connectivity index (χ1n) is 7.87. The first-order chi connectivity index (χ1) is 10.3. The van der Waals surface area contributed by atoms with Crippen molar-refractivity contribution in [3.8, 4) is 0 Å². The van der Waals surface area contributed by atoms with Gasteiger partial charge in [0.05, 0.1) is 11.6 Å². The van der Waals surface area contributed by atoms with Gasteiger partial charge in [0.1, 0.15) is 0 Å². The van der Waals surface area contributed by atoms with Gasteiger partial charge < -0.3 is 4.74 Å². The fourth-order valence-electron chi connectivity index (χ4n) is 4.11. The minimum atomic E-state index is 0.159. The minimum absolute atomic E-state index is 0.159. The Morgan fingerprint density at radius 1 is 1.33 bits per heavy atom. The number of nitrogens with one attached hydrogen (secondary N) is 1. The van der Waals surface area contributed by atoms with E-state index in [-0.39, 0.29) is 11.6 Å².